The van der Waals surface area contributed by atoms with Crippen molar-refractivity contribution >= 4 is 12.0 Å². The third kappa shape index (κ3) is 5.53. The highest BCUT2D eigenvalue weighted by molar-refractivity contribution is 5.92. The number of nitrogens with zero attached hydrogens (tertiary/aromatic N) is 4. The van der Waals surface area contributed by atoms with Gasteiger partial charge in [-0.05, 0) is 71.4 Å². The van der Waals surface area contributed by atoms with Crippen molar-refractivity contribution in [3.8, 4) is 0 Å². The number of hydrogen-bond acceptors (Lipinski definition) is 5. The smallest absolute Gasteiger partial charge is 0.410 e. The maximum absolute atomic E-state index is 13.2. The molecule has 0 unspecified atom stereocenters. The maximum atomic E-state index is 13.2. The van der Waals surface area contributed by atoms with Crippen molar-refractivity contribution < 1.29 is 14.3 Å². The molecule has 0 aromatic carbocycles. The first-order chi connectivity index (χ1) is 14.1. The largest absolute Gasteiger partial charge is 0.444 e. The molecule has 3 heterocycles. The first-order valence-corrected chi connectivity index (χ1v) is 11.1. The van der Waals surface area contributed by atoms with Gasteiger partial charge in [0.15, 0.2) is 0 Å². The van der Waals surface area contributed by atoms with Crippen LogP contribution in [0, 0.1) is 12.3 Å². The number of ether oxygens (including phenoxy) is 1. The SMILES string of the molecule is Cc1cc2n(n1)CCNCCCC1(CCN(C(=O)OC(C)(C)C)CC1)CN(C)C2=O. The molecule has 0 bridgehead atoms. The molecule has 2 amide bonds. The Hall–Kier alpha value is -2.09. The zero-order valence-corrected chi connectivity index (χ0v) is 19.2. The van der Waals surface area contributed by atoms with Gasteiger partial charge in [0, 0.05) is 33.2 Å². The summed E-state index contributed by atoms with van der Waals surface area (Å²) in [6.45, 7) is 12.1. The number of hydrogen-bond donors (Lipinski definition) is 1. The molecule has 8 heteroatoms. The molecule has 2 aliphatic rings. The fourth-order valence-electron chi connectivity index (χ4n) is 4.53. The molecule has 1 saturated heterocycles. The number of carbonyl (C=O) groups excluding carboxylic acids is 2. The van der Waals surface area contributed by atoms with Crippen LogP contribution in [0.2, 0.25) is 0 Å². The van der Waals surface area contributed by atoms with Crippen LogP contribution in [-0.4, -0.2) is 77.0 Å². The second-order valence-corrected chi connectivity index (χ2v) is 9.88. The zero-order chi connectivity index (χ0) is 21.9. The molecule has 168 valence electrons. The third-order valence-electron chi connectivity index (χ3n) is 6.08. The first kappa shape index (κ1) is 22.6. The lowest BCUT2D eigenvalue weighted by atomic mass is 9.74. The number of aryl methyl sites for hydroxylation is 1. The number of piperidine rings is 1. The maximum Gasteiger partial charge on any atom is 0.410 e. The highest BCUT2D eigenvalue weighted by Crippen LogP contribution is 2.37. The van der Waals surface area contributed by atoms with E-state index in [0.29, 0.717) is 31.9 Å². The second kappa shape index (κ2) is 8.96. The van der Waals surface area contributed by atoms with E-state index < -0.39 is 5.60 Å². The molecular weight excluding hydrogens is 382 g/mol. The molecule has 0 radical (unpaired) electrons. The summed E-state index contributed by atoms with van der Waals surface area (Å²) in [5.41, 5.74) is 1.04. The van der Waals surface area contributed by atoms with Crippen LogP contribution in [-0.2, 0) is 11.3 Å². The number of likely N-dealkylation sites (tertiary alicyclic amines) is 1. The average Bonchev–Trinajstić information content (AvgIpc) is 3.02. The number of aromatic nitrogens is 2. The van der Waals surface area contributed by atoms with E-state index in [4.69, 9.17) is 4.74 Å². The minimum Gasteiger partial charge on any atom is -0.444 e. The normalized spacial score (nSPS) is 21.0. The Morgan fingerprint density at radius 2 is 1.87 bits per heavy atom. The van der Waals surface area contributed by atoms with Gasteiger partial charge in [-0.25, -0.2) is 4.79 Å². The average molecular weight is 420 g/mol. The van der Waals surface area contributed by atoms with E-state index in [0.717, 1.165) is 44.5 Å². The summed E-state index contributed by atoms with van der Waals surface area (Å²) >= 11 is 0. The Morgan fingerprint density at radius 1 is 1.17 bits per heavy atom. The molecule has 1 spiro atoms. The van der Waals surface area contributed by atoms with E-state index in [1.165, 1.54) is 0 Å². The molecule has 1 N–H and O–H groups in total. The molecule has 30 heavy (non-hydrogen) atoms. The summed E-state index contributed by atoms with van der Waals surface area (Å²) in [6.07, 6.45) is 3.61. The minimum atomic E-state index is -0.487. The summed E-state index contributed by atoms with van der Waals surface area (Å²) < 4.78 is 7.37. The van der Waals surface area contributed by atoms with Crippen molar-refractivity contribution in [2.75, 3.05) is 39.8 Å². The van der Waals surface area contributed by atoms with Crippen molar-refractivity contribution in [1.82, 2.24) is 24.9 Å². The predicted molar refractivity (Wildman–Crippen MR) is 116 cm³/mol. The molecule has 0 aliphatic carbocycles. The lowest BCUT2D eigenvalue weighted by molar-refractivity contribution is 0.00365. The molecule has 1 fully saturated rings. The highest BCUT2D eigenvalue weighted by atomic mass is 16.6. The molecule has 2 aliphatic heterocycles. The van der Waals surface area contributed by atoms with Crippen LogP contribution < -0.4 is 5.32 Å². The first-order valence-electron chi connectivity index (χ1n) is 11.1. The Bertz CT molecular complexity index is 759. The number of carbonyl (C=O) groups is 2. The van der Waals surface area contributed by atoms with E-state index in [1.807, 2.05) is 55.3 Å². The van der Waals surface area contributed by atoms with Gasteiger partial charge in [-0.1, -0.05) is 0 Å². The van der Waals surface area contributed by atoms with E-state index in [-0.39, 0.29) is 17.4 Å². The Morgan fingerprint density at radius 3 is 2.53 bits per heavy atom. The summed E-state index contributed by atoms with van der Waals surface area (Å²) in [4.78, 5) is 29.3. The number of fused-ring (bicyclic) bond motifs is 1. The van der Waals surface area contributed by atoms with E-state index in [1.54, 1.807) is 0 Å². The van der Waals surface area contributed by atoms with Gasteiger partial charge in [0.1, 0.15) is 11.3 Å². The van der Waals surface area contributed by atoms with Crippen molar-refractivity contribution in [3.05, 3.63) is 17.5 Å². The molecular formula is C22H37N5O3. The third-order valence-corrected chi connectivity index (χ3v) is 6.08. The molecule has 3 rings (SSSR count). The van der Waals surface area contributed by atoms with Gasteiger partial charge in [0.2, 0.25) is 0 Å². The molecule has 0 atom stereocenters. The van der Waals surface area contributed by atoms with E-state index in [2.05, 4.69) is 10.4 Å². The van der Waals surface area contributed by atoms with Crippen molar-refractivity contribution in [3.63, 3.8) is 0 Å². The molecule has 1 aromatic heterocycles. The minimum absolute atomic E-state index is 0.0176. The van der Waals surface area contributed by atoms with Gasteiger partial charge in [0.05, 0.1) is 12.2 Å². The van der Waals surface area contributed by atoms with Crippen LogP contribution >= 0.6 is 0 Å². The predicted octanol–water partition coefficient (Wildman–Crippen LogP) is 2.66. The molecule has 0 saturated carbocycles. The van der Waals surface area contributed by atoms with Crippen molar-refractivity contribution in [2.45, 2.75) is 65.5 Å². The van der Waals surface area contributed by atoms with Crippen LogP contribution in [0.3, 0.4) is 0 Å². The van der Waals surface area contributed by atoms with Gasteiger partial charge in [0.25, 0.3) is 5.91 Å². The van der Waals surface area contributed by atoms with Gasteiger partial charge in [-0.2, -0.15) is 5.10 Å². The summed E-state index contributed by atoms with van der Waals surface area (Å²) in [6, 6.07) is 1.88. The Labute approximate surface area is 179 Å². The fraction of sp³-hybridized carbons (Fsp3) is 0.773. The van der Waals surface area contributed by atoms with Gasteiger partial charge >= 0.3 is 6.09 Å². The van der Waals surface area contributed by atoms with Crippen LogP contribution in [0.4, 0.5) is 4.79 Å². The van der Waals surface area contributed by atoms with E-state index in [9.17, 15) is 9.59 Å². The summed E-state index contributed by atoms with van der Waals surface area (Å²) in [5, 5.41) is 7.98. The van der Waals surface area contributed by atoms with Crippen LogP contribution in [0.5, 0.6) is 0 Å². The van der Waals surface area contributed by atoms with E-state index >= 15 is 0 Å². The summed E-state index contributed by atoms with van der Waals surface area (Å²) in [7, 11) is 1.89. The quantitative estimate of drug-likeness (QED) is 0.699. The number of nitrogens with one attached hydrogen (secondary N) is 1. The highest BCUT2D eigenvalue weighted by Gasteiger charge is 2.38. The van der Waals surface area contributed by atoms with Crippen LogP contribution in [0.25, 0.3) is 0 Å². The number of amides is 2. The topological polar surface area (TPSA) is 79.7 Å². The van der Waals surface area contributed by atoms with Crippen LogP contribution in [0.15, 0.2) is 6.07 Å². The van der Waals surface area contributed by atoms with Gasteiger partial charge in [-0.3, -0.25) is 9.48 Å². The van der Waals surface area contributed by atoms with Gasteiger partial charge < -0.3 is 19.9 Å². The lowest BCUT2D eigenvalue weighted by Gasteiger charge is -2.44. The monoisotopic (exact) mass is 419 g/mol. The zero-order valence-electron chi connectivity index (χ0n) is 19.2. The Balaban J connectivity index is 1.72. The fourth-order valence-corrected chi connectivity index (χ4v) is 4.53. The molecule has 8 nitrogen and oxygen atoms in total. The molecule has 1 aromatic rings. The summed E-state index contributed by atoms with van der Waals surface area (Å²) in [5.74, 6) is 0.0186. The van der Waals surface area contributed by atoms with Crippen molar-refractivity contribution in [2.24, 2.45) is 5.41 Å². The van der Waals surface area contributed by atoms with Gasteiger partial charge in [-0.15, -0.1) is 0 Å². The number of rotatable bonds is 0. The second-order valence-electron chi connectivity index (χ2n) is 9.88. The van der Waals surface area contributed by atoms with Crippen LogP contribution in [0.1, 0.15) is 62.6 Å². The lowest BCUT2D eigenvalue weighted by Crippen LogP contribution is -2.49. The van der Waals surface area contributed by atoms with Crippen molar-refractivity contribution in [1.29, 1.82) is 0 Å². The Kier molecular flexibility index (Phi) is 6.75. The standard InChI is InChI=1S/C22H37N5O3/c1-17-15-18-19(28)25(5)16-22(7-6-10-23-11-14-27(18)24-17)8-12-26(13-9-22)20(29)30-21(2,3)4/h15,23H,6-14,16H2,1-5H3.